The van der Waals surface area contributed by atoms with Gasteiger partial charge < -0.3 is 10.1 Å². The van der Waals surface area contributed by atoms with Gasteiger partial charge in [-0.05, 0) is 26.2 Å². The number of hydrogen-bond acceptors (Lipinski definition) is 5. The van der Waals surface area contributed by atoms with Crippen molar-refractivity contribution < 1.29 is 4.74 Å². The molecule has 2 aromatic rings. The predicted octanol–water partition coefficient (Wildman–Crippen LogP) is 1.96. The number of hydrogen-bond donors (Lipinski definition) is 1. The van der Waals surface area contributed by atoms with Crippen LogP contribution in [0, 0.1) is 0 Å². The first-order chi connectivity index (χ1) is 8.90. The zero-order valence-electron chi connectivity index (χ0n) is 10.5. The summed E-state index contributed by atoms with van der Waals surface area (Å²) in [6.45, 7) is 3.68. The van der Waals surface area contributed by atoms with Crippen LogP contribution in [0.15, 0.2) is 12.5 Å². The first-order valence-electron chi connectivity index (χ1n) is 6.44. The smallest absolute Gasteiger partial charge is 0.165 e. The molecule has 1 aliphatic heterocycles. The Kier molecular flexibility index (Phi) is 3.10. The molecule has 6 nitrogen and oxygen atoms in total. The van der Waals surface area contributed by atoms with Crippen molar-refractivity contribution in [3.05, 3.63) is 12.5 Å². The topological polar surface area (TPSA) is 64.9 Å². The molecule has 1 fully saturated rings. The fourth-order valence-electron chi connectivity index (χ4n) is 2.30. The molecule has 3 heterocycles. The summed E-state index contributed by atoms with van der Waals surface area (Å²) < 4.78 is 7.62. The van der Waals surface area contributed by atoms with Crippen LogP contribution in [0.25, 0.3) is 11.0 Å². The summed E-state index contributed by atoms with van der Waals surface area (Å²) in [7, 11) is 0. The van der Waals surface area contributed by atoms with Crippen molar-refractivity contribution in [2.45, 2.75) is 32.4 Å². The van der Waals surface area contributed by atoms with E-state index in [0.717, 1.165) is 42.8 Å². The first kappa shape index (κ1) is 11.4. The Balaban J connectivity index is 2.00. The van der Waals surface area contributed by atoms with Crippen LogP contribution in [0.2, 0.25) is 0 Å². The van der Waals surface area contributed by atoms with E-state index in [1.54, 1.807) is 6.33 Å². The van der Waals surface area contributed by atoms with E-state index in [9.17, 15) is 0 Å². The van der Waals surface area contributed by atoms with Gasteiger partial charge in [-0.15, -0.1) is 0 Å². The molecule has 0 aliphatic carbocycles. The average Bonchev–Trinajstić information content (AvgIpc) is 2.85. The fourth-order valence-corrected chi connectivity index (χ4v) is 2.30. The molecule has 6 heteroatoms. The molecule has 0 unspecified atom stereocenters. The highest BCUT2D eigenvalue weighted by Gasteiger charge is 2.20. The van der Waals surface area contributed by atoms with Crippen LogP contribution in [-0.2, 0) is 4.74 Å². The number of ether oxygens (including phenoxy) is 1. The number of nitrogens with zero attached hydrogens (tertiary/aromatic N) is 4. The Morgan fingerprint density at radius 2 is 2.39 bits per heavy atom. The molecule has 0 radical (unpaired) electrons. The van der Waals surface area contributed by atoms with Crippen molar-refractivity contribution in [3.63, 3.8) is 0 Å². The van der Waals surface area contributed by atoms with E-state index in [0.29, 0.717) is 0 Å². The van der Waals surface area contributed by atoms with Crippen LogP contribution >= 0.6 is 0 Å². The number of rotatable bonds is 3. The largest absolute Gasteiger partial charge is 0.370 e. The average molecular weight is 247 g/mol. The minimum atomic E-state index is 0.0145. The zero-order valence-corrected chi connectivity index (χ0v) is 10.5. The number of aromatic nitrogens is 4. The Morgan fingerprint density at radius 1 is 1.44 bits per heavy atom. The van der Waals surface area contributed by atoms with Crippen molar-refractivity contribution in [3.8, 4) is 0 Å². The molecule has 2 aromatic heterocycles. The van der Waals surface area contributed by atoms with Gasteiger partial charge in [-0.2, -0.15) is 5.10 Å². The van der Waals surface area contributed by atoms with Crippen LogP contribution in [0.4, 0.5) is 5.82 Å². The fraction of sp³-hybridized carbons (Fsp3) is 0.583. The Hall–Kier alpha value is -1.69. The molecule has 0 bridgehead atoms. The molecule has 1 N–H and O–H groups in total. The quantitative estimate of drug-likeness (QED) is 0.898. The second-order valence-corrected chi connectivity index (χ2v) is 4.40. The van der Waals surface area contributed by atoms with E-state index < -0.39 is 0 Å². The molecule has 18 heavy (non-hydrogen) atoms. The molecule has 0 amide bonds. The van der Waals surface area contributed by atoms with E-state index in [-0.39, 0.29) is 6.23 Å². The lowest BCUT2D eigenvalue weighted by atomic mass is 10.2. The lowest BCUT2D eigenvalue weighted by molar-refractivity contribution is -0.0370. The Morgan fingerprint density at radius 3 is 3.17 bits per heavy atom. The van der Waals surface area contributed by atoms with E-state index in [4.69, 9.17) is 4.74 Å². The first-order valence-corrected chi connectivity index (χ1v) is 6.44. The van der Waals surface area contributed by atoms with E-state index >= 15 is 0 Å². The zero-order chi connectivity index (χ0) is 12.4. The summed E-state index contributed by atoms with van der Waals surface area (Å²) in [5.74, 6) is 0.838. The lowest BCUT2D eigenvalue weighted by Gasteiger charge is -2.22. The van der Waals surface area contributed by atoms with Crippen LogP contribution in [0.5, 0.6) is 0 Å². The molecule has 3 rings (SSSR count). The third kappa shape index (κ3) is 1.92. The summed E-state index contributed by atoms with van der Waals surface area (Å²) in [6, 6.07) is 0. The van der Waals surface area contributed by atoms with Crippen molar-refractivity contribution >= 4 is 16.9 Å². The van der Waals surface area contributed by atoms with Crippen molar-refractivity contribution in [1.29, 1.82) is 0 Å². The molecule has 1 saturated heterocycles. The molecule has 0 aromatic carbocycles. The van der Waals surface area contributed by atoms with Gasteiger partial charge in [0, 0.05) is 13.2 Å². The predicted molar refractivity (Wildman–Crippen MR) is 68.3 cm³/mol. The maximum Gasteiger partial charge on any atom is 0.165 e. The summed E-state index contributed by atoms with van der Waals surface area (Å²) in [6.07, 6.45) is 6.70. The minimum absolute atomic E-state index is 0.0145. The maximum atomic E-state index is 5.75. The van der Waals surface area contributed by atoms with Crippen LogP contribution in [-0.4, -0.2) is 32.9 Å². The Bertz CT molecular complexity index is 532. The monoisotopic (exact) mass is 247 g/mol. The standard InChI is InChI=1S/C12H17N5O/c1-2-13-11-9-7-16-17(12(9)15-8-14-11)10-5-3-4-6-18-10/h7-8,10H,2-6H2,1H3,(H,13,14,15)/t10-/m0/s1. The highest BCUT2D eigenvalue weighted by molar-refractivity contribution is 5.86. The van der Waals surface area contributed by atoms with Crippen molar-refractivity contribution in [1.82, 2.24) is 19.7 Å². The van der Waals surface area contributed by atoms with E-state index in [1.165, 1.54) is 6.42 Å². The van der Waals surface area contributed by atoms with Crippen molar-refractivity contribution in [2.24, 2.45) is 0 Å². The van der Waals surface area contributed by atoms with Gasteiger partial charge in [-0.25, -0.2) is 14.6 Å². The SMILES string of the molecule is CCNc1ncnc2c1cnn2[C@@H]1CCCCO1. The second kappa shape index (κ2) is 4.89. The van der Waals surface area contributed by atoms with Crippen molar-refractivity contribution in [2.75, 3.05) is 18.5 Å². The third-order valence-corrected chi connectivity index (χ3v) is 3.16. The van der Waals surface area contributed by atoms with Gasteiger partial charge in [0.25, 0.3) is 0 Å². The van der Waals surface area contributed by atoms with Gasteiger partial charge in [0.15, 0.2) is 11.9 Å². The van der Waals surface area contributed by atoms with Gasteiger partial charge in [0.2, 0.25) is 0 Å². The Labute approximate surface area is 105 Å². The summed E-state index contributed by atoms with van der Waals surface area (Å²) in [5.41, 5.74) is 0.841. The van der Waals surface area contributed by atoms with Crippen LogP contribution < -0.4 is 5.32 Å². The molecule has 0 saturated carbocycles. The van der Waals surface area contributed by atoms with E-state index in [1.807, 2.05) is 17.8 Å². The van der Waals surface area contributed by atoms with Gasteiger partial charge in [-0.1, -0.05) is 0 Å². The molecule has 0 spiro atoms. The molecule has 96 valence electrons. The number of nitrogens with one attached hydrogen (secondary N) is 1. The van der Waals surface area contributed by atoms with Gasteiger partial charge >= 0.3 is 0 Å². The maximum absolute atomic E-state index is 5.75. The molecular formula is C12H17N5O. The van der Waals surface area contributed by atoms with Gasteiger partial charge in [0.1, 0.15) is 12.1 Å². The second-order valence-electron chi connectivity index (χ2n) is 4.40. The number of fused-ring (bicyclic) bond motifs is 1. The molecule has 1 atom stereocenters. The molecular weight excluding hydrogens is 230 g/mol. The summed E-state index contributed by atoms with van der Waals surface area (Å²) >= 11 is 0. The van der Waals surface area contributed by atoms with Crippen LogP contribution in [0.3, 0.4) is 0 Å². The normalized spacial score (nSPS) is 20.2. The number of anilines is 1. The minimum Gasteiger partial charge on any atom is -0.370 e. The lowest BCUT2D eigenvalue weighted by Crippen LogP contribution is -2.19. The highest BCUT2D eigenvalue weighted by Crippen LogP contribution is 2.26. The van der Waals surface area contributed by atoms with E-state index in [2.05, 4.69) is 20.4 Å². The third-order valence-electron chi connectivity index (χ3n) is 3.16. The highest BCUT2D eigenvalue weighted by atomic mass is 16.5. The van der Waals surface area contributed by atoms with Gasteiger partial charge in [-0.3, -0.25) is 0 Å². The summed E-state index contributed by atoms with van der Waals surface area (Å²) in [4.78, 5) is 8.57. The summed E-state index contributed by atoms with van der Waals surface area (Å²) in [5, 5.41) is 8.58. The molecule has 1 aliphatic rings. The van der Waals surface area contributed by atoms with Crippen LogP contribution in [0.1, 0.15) is 32.4 Å². The van der Waals surface area contributed by atoms with Gasteiger partial charge in [0.05, 0.1) is 11.6 Å².